The van der Waals surface area contributed by atoms with Crippen LogP contribution in [0.15, 0.2) is 36.4 Å². The third-order valence-electron chi connectivity index (χ3n) is 5.40. The van der Waals surface area contributed by atoms with Crippen LogP contribution in [0.25, 0.3) is 0 Å². The van der Waals surface area contributed by atoms with E-state index in [-0.39, 0.29) is 5.41 Å². The molecule has 0 saturated heterocycles. The fraction of sp³-hybridized carbons (Fsp3) is 0.480. The lowest BCUT2D eigenvalue weighted by molar-refractivity contribution is 0.0702. The van der Waals surface area contributed by atoms with Crippen LogP contribution in [-0.4, -0.2) is 17.1 Å². The Bertz CT molecular complexity index is 890. The Kier molecular flexibility index (Phi) is 6.70. The molecule has 2 aromatic rings. The zero-order valence-corrected chi connectivity index (χ0v) is 18.7. The van der Waals surface area contributed by atoms with Crippen LogP contribution in [0, 0.1) is 23.2 Å². The molecule has 1 aliphatic carbocycles. The molecule has 1 aromatic carbocycles. The van der Waals surface area contributed by atoms with E-state index in [1.165, 1.54) is 29.7 Å². The molecule has 0 amide bonds. The summed E-state index contributed by atoms with van der Waals surface area (Å²) in [7, 11) is 0. The zero-order valence-electron chi connectivity index (χ0n) is 17.9. The van der Waals surface area contributed by atoms with Crippen molar-refractivity contribution in [3.8, 4) is 11.8 Å². The van der Waals surface area contributed by atoms with Gasteiger partial charge in [0.15, 0.2) is 0 Å². The summed E-state index contributed by atoms with van der Waals surface area (Å²) in [5.41, 5.74) is 1.91. The minimum Gasteiger partial charge on any atom is -0.477 e. The standard InChI is InChI=1S/C25H31NO2S/c1-18-10-12-20(13-11-18)26(17-19-8-6-5-7-9-19)22-16-21(14-15-25(2,3)4)29-23(22)24(27)28/h5-9,16,18,20H,10-13,17H2,1-4H3,(H,27,28). The average Bonchev–Trinajstić information content (AvgIpc) is 3.10. The number of anilines is 1. The molecule has 1 aliphatic rings. The molecule has 0 bridgehead atoms. The Hall–Kier alpha value is -2.25. The minimum absolute atomic E-state index is 0.114. The molecule has 0 spiro atoms. The van der Waals surface area contributed by atoms with Crippen LogP contribution >= 0.6 is 11.3 Å². The number of thiophene rings is 1. The second-order valence-electron chi connectivity index (χ2n) is 9.16. The van der Waals surface area contributed by atoms with Crippen molar-refractivity contribution in [2.75, 3.05) is 4.90 Å². The Morgan fingerprint density at radius 2 is 1.83 bits per heavy atom. The summed E-state index contributed by atoms with van der Waals surface area (Å²) in [6.07, 6.45) is 4.59. The molecule has 29 heavy (non-hydrogen) atoms. The number of aromatic carboxylic acids is 1. The topological polar surface area (TPSA) is 40.5 Å². The fourth-order valence-electron chi connectivity index (χ4n) is 3.80. The van der Waals surface area contributed by atoms with E-state index in [0.717, 1.165) is 35.9 Å². The lowest BCUT2D eigenvalue weighted by atomic mass is 9.86. The van der Waals surface area contributed by atoms with Crippen LogP contribution in [0.2, 0.25) is 0 Å². The monoisotopic (exact) mass is 409 g/mol. The molecule has 3 nitrogen and oxygen atoms in total. The summed E-state index contributed by atoms with van der Waals surface area (Å²) in [6.45, 7) is 9.24. The Balaban J connectivity index is 2.00. The van der Waals surface area contributed by atoms with Crippen molar-refractivity contribution >= 4 is 23.0 Å². The maximum Gasteiger partial charge on any atom is 0.348 e. The van der Waals surface area contributed by atoms with Crippen LogP contribution in [-0.2, 0) is 6.54 Å². The summed E-state index contributed by atoms with van der Waals surface area (Å²) in [6, 6.07) is 12.7. The number of nitrogens with zero attached hydrogens (tertiary/aromatic N) is 1. The number of rotatable bonds is 5. The number of hydrogen-bond acceptors (Lipinski definition) is 3. The van der Waals surface area contributed by atoms with Gasteiger partial charge in [-0.1, -0.05) is 49.1 Å². The smallest absolute Gasteiger partial charge is 0.348 e. The van der Waals surface area contributed by atoms with Crippen molar-refractivity contribution in [2.45, 2.75) is 66.0 Å². The van der Waals surface area contributed by atoms with Crippen LogP contribution in [0.5, 0.6) is 0 Å². The fourth-order valence-corrected chi connectivity index (χ4v) is 4.66. The largest absolute Gasteiger partial charge is 0.477 e. The van der Waals surface area contributed by atoms with Crippen molar-refractivity contribution < 1.29 is 9.90 Å². The molecular weight excluding hydrogens is 378 g/mol. The maximum absolute atomic E-state index is 12.1. The minimum atomic E-state index is -0.865. The third kappa shape index (κ3) is 5.87. The molecule has 1 aromatic heterocycles. The summed E-state index contributed by atoms with van der Waals surface area (Å²) >= 11 is 1.30. The summed E-state index contributed by atoms with van der Waals surface area (Å²) in [5, 5.41) is 9.90. The van der Waals surface area contributed by atoms with E-state index in [0.29, 0.717) is 10.9 Å². The molecule has 1 N–H and O–H groups in total. The quantitative estimate of drug-likeness (QED) is 0.579. The lowest BCUT2D eigenvalue weighted by Gasteiger charge is -2.37. The highest BCUT2D eigenvalue weighted by molar-refractivity contribution is 7.15. The van der Waals surface area contributed by atoms with Crippen molar-refractivity contribution in [3.05, 3.63) is 51.7 Å². The van der Waals surface area contributed by atoms with Gasteiger partial charge in [0.1, 0.15) is 4.88 Å². The van der Waals surface area contributed by atoms with E-state index < -0.39 is 5.97 Å². The number of hydrogen-bond donors (Lipinski definition) is 1. The molecule has 0 atom stereocenters. The van der Waals surface area contributed by atoms with Gasteiger partial charge < -0.3 is 10.0 Å². The average molecular weight is 410 g/mol. The van der Waals surface area contributed by atoms with Gasteiger partial charge in [0, 0.05) is 18.0 Å². The third-order valence-corrected chi connectivity index (χ3v) is 6.43. The van der Waals surface area contributed by atoms with E-state index in [1.54, 1.807) is 0 Å². The first-order chi connectivity index (χ1) is 13.7. The first kappa shape index (κ1) is 21.5. The maximum atomic E-state index is 12.1. The van der Waals surface area contributed by atoms with E-state index in [1.807, 2.05) is 24.3 Å². The predicted molar refractivity (Wildman–Crippen MR) is 122 cm³/mol. The Labute approximate surface area is 178 Å². The SMILES string of the molecule is CC1CCC(N(Cc2ccccc2)c2cc(C#CC(C)(C)C)sc2C(=O)O)CC1. The van der Waals surface area contributed by atoms with Gasteiger partial charge in [-0.05, 0) is 64.0 Å². The molecule has 0 unspecified atom stereocenters. The van der Waals surface area contributed by atoms with Gasteiger partial charge in [0.05, 0.1) is 10.6 Å². The van der Waals surface area contributed by atoms with Crippen LogP contribution in [0.3, 0.4) is 0 Å². The number of carbonyl (C=O) groups is 1. The number of carboxylic acid groups (broad SMARTS) is 1. The van der Waals surface area contributed by atoms with Crippen molar-refractivity contribution in [1.82, 2.24) is 0 Å². The highest BCUT2D eigenvalue weighted by Gasteiger charge is 2.29. The first-order valence-corrected chi connectivity index (χ1v) is 11.3. The van der Waals surface area contributed by atoms with Crippen molar-refractivity contribution in [3.63, 3.8) is 0 Å². The number of carboxylic acids is 1. The second-order valence-corrected chi connectivity index (χ2v) is 10.2. The number of benzene rings is 1. The molecule has 1 heterocycles. The molecule has 4 heteroatoms. The summed E-state index contributed by atoms with van der Waals surface area (Å²) < 4.78 is 0. The normalized spacial score (nSPS) is 19.3. The molecule has 1 saturated carbocycles. The van der Waals surface area contributed by atoms with Gasteiger partial charge >= 0.3 is 5.97 Å². The molecule has 1 fully saturated rings. The Morgan fingerprint density at radius 1 is 1.17 bits per heavy atom. The lowest BCUT2D eigenvalue weighted by Crippen LogP contribution is -2.38. The molecule has 154 valence electrons. The molecule has 3 rings (SSSR count). The van der Waals surface area contributed by atoms with Crippen molar-refractivity contribution in [1.29, 1.82) is 0 Å². The van der Waals surface area contributed by atoms with E-state index in [4.69, 9.17) is 0 Å². The second kappa shape index (κ2) is 9.05. The molecular formula is C25H31NO2S. The van der Waals surface area contributed by atoms with Gasteiger partial charge in [0.25, 0.3) is 0 Å². The summed E-state index contributed by atoms with van der Waals surface area (Å²) in [4.78, 5) is 15.6. The van der Waals surface area contributed by atoms with Crippen LogP contribution in [0.1, 0.15) is 73.5 Å². The Morgan fingerprint density at radius 3 is 2.41 bits per heavy atom. The highest BCUT2D eigenvalue weighted by Crippen LogP contribution is 2.37. The molecule has 0 aliphatic heterocycles. The highest BCUT2D eigenvalue weighted by atomic mass is 32.1. The zero-order chi connectivity index (χ0) is 21.0. The van der Waals surface area contributed by atoms with Gasteiger partial charge in [-0.15, -0.1) is 11.3 Å². The van der Waals surface area contributed by atoms with Crippen LogP contribution in [0.4, 0.5) is 5.69 Å². The first-order valence-electron chi connectivity index (χ1n) is 10.4. The van der Waals surface area contributed by atoms with Crippen molar-refractivity contribution in [2.24, 2.45) is 11.3 Å². The van der Waals surface area contributed by atoms with Gasteiger partial charge in [0.2, 0.25) is 0 Å². The van der Waals surface area contributed by atoms with E-state index in [2.05, 4.69) is 56.6 Å². The van der Waals surface area contributed by atoms with Crippen LogP contribution < -0.4 is 4.90 Å². The van der Waals surface area contributed by atoms with E-state index in [9.17, 15) is 9.90 Å². The van der Waals surface area contributed by atoms with Gasteiger partial charge in [-0.2, -0.15) is 0 Å². The molecule has 0 radical (unpaired) electrons. The van der Waals surface area contributed by atoms with E-state index >= 15 is 0 Å². The predicted octanol–water partition coefficient (Wildman–Crippen LogP) is 6.43. The summed E-state index contributed by atoms with van der Waals surface area (Å²) in [5.74, 6) is 6.33. The van der Waals surface area contributed by atoms with Gasteiger partial charge in [-0.25, -0.2) is 4.79 Å². The van der Waals surface area contributed by atoms with Gasteiger partial charge in [-0.3, -0.25) is 0 Å².